The third-order valence-electron chi connectivity index (χ3n) is 4.57. The zero-order valence-electron chi connectivity index (χ0n) is 14.2. The molecule has 1 heterocycles. The van der Waals surface area contributed by atoms with Gasteiger partial charge in [-0.2, -0.15) is 13.2 Å². The van der Waals surface area contributed by atoms with Gasteiger partial charge in [0.2, 0.25) is 0 Å². The van der Waals surface area contributed by atoms with Crippen molar-refractivity contribution in [2.45, 2.75) is 56.8 Å². The van der Waals surface area contributed by atoms with E-state index in [0.29, 0.717) is 32.1 Å². The first-order chi connectivity index (χ1) is 11.5. The van der Waals surface area contributed by atoms with Crippen LogP contribution in [-0.4, -0.2) is 57.7 Å². The number of aliphatic imine (C=N–C) groups is 1. The van der Waals surface area contributed by atoms with Crippen LogP contribution in [0.3, 0.4) is 0 Å². The second-order valence-electron chi connectivity index (χ2n) is 6.46. The summed E-state index contributed by atoms with van der Waals surface area (Å²) in [5.74, 6) is -0.680. The number of hydrogen-bond donors (Lipinski definition) is 2. The Morgan fingerprint density at radius 3 is 2.75 bits per heavy atom. The average molecular weight is 351 g/mol. The van der Waals surface area contributed by atoms with Gasteiger partial charge >= 0.3 is 6.18 Å². The predicted molar refractivity (Wildman–Crippen MR) is 86.1 cm³/mol. The van der Waals surface area contributed by atoms with E-state index in [1.165, 1.54) is 0 Å². The van der Waals surface area contributed by atoms with Crippen LogP contribution in [0.5, 0.6) is 0 Å². The Bertz CT molecular complexity index is 399. The molecule has 140 valence electrons. The molecule has 24 heavy (non-hydrogen) atoms. The Balaban J connectivity index is 1.62. The van der Waals surface area contributed by atoms with Crippen molar-refractivity contribution in [1.29, 1.82) is 0 Å². The lowest BCUT2D eigenvalue weighted by atomic mass is 9.85. The number of halogens is 3. The predicted octanol–water partition coefficient (Wildman–Crippen LogP) is 2.47. The van der Waals surface area contributed by atoms with Crippen molar-refractivity contribution in [3.8, 4) is 0 Å². The Morgan fingerprint density at radius 2 is 2.08 bits per heavy atom. The summed E-state index contributed by atoms with van der Waals surface area (Å²) in [4.78, 5) is 4.08. The van der Waals surface area contributed by atoms with Gasteiger partial charge in [-0.1, -0.05) is 6.42 Å². The highest BCUT2D eigenvalue weighted by molar-refractivity contribution is 5.79. The molecular formula is C16H28F3N3O2. The van der Waals surface area contributed by atoms with Crippen molar-refractivity contribution < 1.29 is 22.6 Å². The summed E-state index contributed by atoms with van der Waals surface area (Å²) in [7, 11) is 1.62. The van der Waals surface area contributed by atoms with E-state index in [9.17, 15) is 13.2 Å². The van der Waals surface area contributed by atoms with Crippen molar-refractivity contribution in [2.75, 3.05) is 33.4 Å². The molecule has 2 fully saturated rings. The van der Waals surface area contributed by atoms with Crippen molar-refractivity contribution in [1.82, 2.24) is 10.6 Å². The zero-order valence-corrected chi connectivity index (χ0v) is 14.2. The molecular weight excluding hydrogens is 323 g/mol. The maximum absolute atomic E-state index is 12.8. The smallest absolute Gasteiger partial charge is 0.377 e. The maximum Gasteiger partial charge on any atom is 0.391 e. The first kappa shape index (κ1) is 19.3. The minimum Gasteiger partial charge on any atom is -0.377 e. The molecule has 1 saturated carbocycles. The highest BCUT2D eigenvalue weighted by Crippen LogP contribution is 2.37. The number of hydrogen-bond acceptors (Lipinski definition) is 3. The van der Waals surface area contributed by atoms with Crippen molar-refractivity contribution in [2.24, 2.45) is 10.9 Å². The van der Waals surface area contributed by atoms with Gasteiger partial charge in [0.25, 0.3) is 0 Å². The third-order valence-corrected chi connectivity index (χ3v) is 4.57. The molecule has 5 nitrogen and oxygen atoms in total. The summed E-state index contributed by atoms with van der Waals surface area (Å²) in [5.41, 5.74) is 0. The first-order valence-corrected chi connectivity index (χ1v) is 8.72. The fourth-order valence-corrected chi connectivity index (χ4v) is 3.24. The molecule has 2 aliphatic rings. The Kier molecular flexibility index (Phi) is 7.61. The summed E-state index contributed by atoms with van der Waals surface area (Å²) >= 11 is 0. The Labute approximate surface area is 141 Å². The number of nitrogens with one attached hydrogen (secondary N) is 2. The lowest BCUT2D eigenvalue weighted by molar-refractivity contribution is -0.183. The van der Waals surface area contributed by atoms with E-state index in [-0.39, 0.29) is 25.0 Å². The van der Waals surface area contributed by atoms with Crippen molar-refractivity contribution in [3.63, 3.8) is 0 Å². The molecule has 2 rings (SSSR count). The summed E-state index contributed by atoms with van der Waals surface area (Å²) in [6.07, 6.45) is -0.115. The van der Waals surface area contributed by atoms with Crippen LogP contribution in [0.15, 0.2) is 4.99 Å². The first-order valence-electron chi connectivity index (χ1n) is 8.72. The molecule has 0 aromatic rings. The molecule has 3 atom stereocenters. The minimum atomic E-state index is -4.10. The van der Waals surface area contributed by atoms with Gasteiger partial charge in [0.15, 0.2) is 5.96 Å². The minimum absolute atomic E-state index is 0.111. The SMILES string of the molecule is CN=C(NCCOCC1CCCO1)NC1CCCC(C(F)(F)F)C1. The molecule has 2 N–H and O–H groups in total. The van der Waals surface area contributed by atoms with Crippen LogP contribution in [0.25, 0.3) is 0 Å². The number of alkyl halides is 3. The molecule has 8 heteroatoms. The van der Waals surface area contributed by atoms with Gasteiger partial charge in [0.1, 0.15) is 0 Å². The highest BCUT2D eigenvalue weighted by Gasteiger charge is 2.42. The summed E-state index contributed by atoms with van der Waals surface area (Å²) < 4.78 is 49.6. The molecule has 0 bridgehead atoms. The monoisotopic (exact) mass is 351 g/mol. The van der Waals surface area contributed by atoms with Crippen LogP contribution in [0.4, 0.5) is 13.2 Å². The van der Waals surface area contributed by atoms with E-state index in [1.807, 2.05) is 0 Å². The Hall–Kier alpha value is -1.02. The van der Waals surface area contributed by atoms with Crippen LogP contribution in [0.1, 0.15) is 38.5 Å². The molecule has 0 amide bonds. The lowest BCUT2D eigenvalue weighted by Gasteiger charge is -2.31. The average Bonchev–Trinajstić information content (AvgIpc) is 3.06. The van der Waals surface area contributed by atoms with Gasteiger partial charge in [0.05, 0.1) is 25.2 Å². The van der Waals surface area contributed by atoms with Gasteiger partial charge in [-0.3, -0.25) is 4.99 Å². The third kappa shape index (κ3) is 6.47. The normalized spacial score (nSPS) is 28.8. The van der Waals surface area contributed by atoms with Crippen LogP contribution < -0.4 is 10.6 Å². The van der Waals surface area contributed by atoms with Crippen molar-refractivity contribution in [3.05, 3.63) is 0 Å². The second kappa shape index (κ2) is 9.46. The summed E-state index contributed by atoms with van der Waals surface area (Å²) in [5, 5.41) is 6.19. The van der Waals surface area contributed by atoms with Gasteiger partial charge < -0.3 is 20.1 Å². The number of ether oxygens (including phenoxy) is 2. The van der Waals surface area contributed by atoms with Crippen molar-refractivity contribution >= 4 is 5.96 Å². The van der Waals surface area contributed by atoms with Gasteiger partial charge in [-0.25, -0.2) is 0 Å². The van der Waals surface area contributed by atoms with Crippen LogP contribution >= 0.6 is 0 Å². The fourth-order valence-electron chi connectivity index (χ4n) is 3.24. The van der Waals surface area contributed by atoms with E-state index >= 15 is 0 Å². The molecule has 1 aliphatic carbocycles. The standard InChI is InChI=1S/C16H28F3N3O2/c1-20-15(21-7-9-23-11-14-6-3-8-24-14)22-13-5-2-4-12(10-13)16(17,18)19/h12-14H,2-11H2,1H3,(H2,20,21,22). The maximum atomic E-state index is 12.8. The van der Waals surface area contributed by atoms with Gasteiger partial charge in [-0.05, 0) is 32.1 Å². The largest absolute Gasteiger partial charge is 0.391 e. The summed E-state index contributed by atoms with van der Waals surface area (Å²) in [6, 6.07) is -0.190. The second-order valence-corrected chi connectivity index (χ2v) is 6.46. The molecule has 3 unspecified atom stereocenters. The van der Waals surface area contributed by atoms with E-state index in [2.05, 4.69) is 15.6 Å². The zero-order chi connectivity index (χ0) is 17.4. The molecule has 0 radical (unpaired) electrons. The highest BCUT2D eigenvalue weighted by atomic mass is 19.4. The molecule has 0 aromatic carbocycles. The van der Waals surface area contributed by atoms with Gasteiger partial charge in [0, 0.05) is 26.2 Å². The van der Waals surface area contributed by atoms with Crippen LogP contribution in [-0.2, 0) is 9.47 Å². The molecule has 1 saturated heterocycles. The number of nitrogens with zero attached hydrogens (tertiary/aromatic N) is 1. The molecule has 0 spiro atoms. The van der Waals surface area contributed by atoms with Gasteiger partial charge in [-0.15, -0.1) is 0 Å². The van der Waals surface area contributed by atoms with E-state index < -0.39 is 12.1 Å². The number of rotatable bonds is 6. The summed E-state index contributed by atoms with van der Waals surface area (Å²) in [6.45, 7) is 2.46. The van der Waals surface area contributed by atoms with E-state index in [1.54, 1.807) is 7.05 Å². The van der Waals surface area contributed by atoms with Crippen LogP contribution in [0.2, 0.25) is 0 Å². The topological polar surface area (TPSA) is 54.9 Å². The number of guanidine groups is 1. The Morgan fingerprint density at radius 1 is 1.25 bits per heavy atom. The lowest BCUT2D eigenvalue weighted by Crippen LogP contribution is -2.47. The molecule has 1 aliphatic heterocycles. The van der Waals surface area contributed by atoms with E-state index in [0.717, 1.165) is 25.9 Å². The van der Waals surface area contributed by atoms with Crippen LogP contribution in [0, 0.1) is 5.92 Å². The molecule has 0 aromatic heterocycles. The fraction of sp³-hybridized carbons (Fsp3) is 0.938. The van der Waals surface area contributed by atoms with E-state index in [4.69, 9.17) is 9.47 Å². The quantitative estimate of drug-likeness (QED) is 0.439.